The average Bonchev–Trinajstić information content (AvgIpc) is 3.03. The first-order valence-corrected chi connectivity index (χ1v) is 8.42. The molecule has 2 aromatic carbocycles. The van der Waals surface area contributed by atoms with Gasteiger partial charge in [-0.2, -0.15) is 5.26 Å². The summed E-state index contributed by atoms with van der Waals surface area (Å²) in [4.78, 5) is 11.8. The first-order chi connectivity index (χ1) is 13.0. The molecular weight excluding hydrogens is 348 g/mol. The number of hydrogen-bond donors (Lipinski definition) is 2. The van der Waals surface area contributed by atoms with Crippen molar-refractivity contribution in [3.8, 4) is 6.07 Å². The Labute approximate surface area is 153 Å². The van der Waals surface area contributed by atoms with E-state index in [0.29, 0.717) is 57.5 Å². The van der Waals surface area contributed by atoms with Gasteiger partial charge < -0.3 is 10.3 Å². The predicted molar refractivity (Wildman–Crippen MR) is 99.4 cm³/mol. The van der Waals surface area contributed by atoms with Crippen LogP contribution in [-0.2, 0) is 6.42 Å². The largest absolute Gasteiger partial charge is 0.383 e. The number of nitriles is 1. The molecule has 27 heavy (non-hydrogen) atoms. The lowest BCUT2D eigenvalue weighted by atomic mass is 10.1. The van der Waals surface area contributed by atoms with Gasteiger partial charge in [0.15, 0.2) is 0 Å². The molecule has 7 heteroatoms. The third-order valence-electron chi connectivity index (χ3n) is 4.40. The minimum Gasteiger partial charge on any atom is -0.383 e. The molecule has 4 rings (SSSR count). The van der Waals surface area contributed by atoms with Gasteiger partial charge in [0.1, 0.15) is 23.5 Å². The second kappa shape index (κ2) is 6.65. The molecule has 0 bridgehead atoms. The zero-order valence-electron chi connectivity index (χ0n) is 14.5. The molecule has 2 heterocycles. The van der Waals surface area contributed by atoms with Gasteiger partial charge in [0.2, 0.25) is 0 Å². The number of aromatic amines is 1. The standard InChI is InChI=1S/C20H15F2N5/c1-11-6-14(22)7-15-19(11)25-10-12(9-23)20(15)24-5-4-18-26-16-3-2-13(21)8-17(16)27-18/h2-3,6-8,10H,4-5H2,1H3,(H,24,25)(H,26,27). The maximum absolute atomic E-state index is 13.9. The summed E-state index contributed by atoms with van der Waals surface area (Å²) in [5, 5.41) is 13.1. The second-order valence-corrected chi connectivity index (χ2v) is 6.30. The van der Waals surface area contributed by atoms with Gasteiger partial charge in [-0.05, 0) is 42.8 Å². The summed E-state index contributed by atoms with van der Waals surface area (Å²) in [7, 11) is 0. The third kappa shape index (κ3) is 3.17. The van der Waals surface area contributed by atoms with Crippen molar-refractivity contribution >= 4 is 27.6 Å². The zero-order valence-corrected chi connectivity index (χ0v) is 14.5. The van der Waals surface area contributed by atoms with E-state index in [1.54, 1.807) is 13.0 Å². The fraction of sp³-hybridized carbons (Fsp3) is 0.150. The van der Waals surface area contributed by atoms with Crippen molar-refractivity contribution in [2.45, 2.75) is 13.3 Å². The Morgan fingerprint density at radius 1 is 1.19 bits per heavy atom. The van der Waals surface area contributed by atoms with Gasteiger partial charge in [-0.1, -0.05) is 0 Å². The third-order valence-corrected chi connectivity index (χ3v) is 4.40. The topological polar surface area (TPSA) is 77.4 Å². The molecular formula is C20H15F2N5. The predicted octanol–water partition coefficient (Wildman–Crippen LogP) is 4.22. The number of halogens is 2. The molecule has 0 amide bonds. The Kier molecular flexibility index (Phi) is 4.16. The van der Waals surface area contributed by atoms with Crippen LogP contribution >= 0.6 is 0 Å². The summed E-state index contributed by atoms with van der Waals surface area (Å²) in [5.74, 6) is -0.00304. The number of nitrogens with zero attached hydrogens (tertiary/aromatic N) is 3. The number of rotatable bonds is 4. The van der Waals surface area contributed by atoms with Gasteiger partial charge in [-0.15, -0.1) is 0 Å². The molecule has 0 unspecified atom stereocenters. The van der Waals surface area contributed by atoms with Crippen molar-refractivity contribution < 1.29 is 8.78 Å². The van der Waals surface area contributed by atoms with Gasteiger partial charge >= 0.3 is 0 Å². The summed E-state index contributed by atoms with van der Waals surface area (Å²) in [6, 6.07) is 9.27. The quantitative estimate of drug-likeness (QED) is 0.569. The van der Waals surface area contributed by atoms with Gasteiger partial charge in [-0.3, -0.25) is 4.98 Å². The zero-order chi connectivity index (χ0) is 19.0. The van der Waals surface area contributed by atoms with E-state index in [4.69, 9.17) is 0 Å². The number of anilines is 1. The smallest absolute Gasteiger partial charge is 0.125 e. The highest BCUT2D eigenvalue weighted by molar-refractivity contribution is 5.95. The number of pyridine rings is 1. The van der Waals surface area contributed by atoms with E-state index in [1.165, 1.54) is 30.5 Å². The Balaban J connectivity index is 1.61. The number of aromatic nitrogens is 3. The number of fused-ring (bicyclic) bond motifs is 2. The van der Waals surface area contributed by atoms with Crippen molar-refractivity contribution in [3.63, 3.8) is 0 Å². The first kappa shape index (κ1) is 16.9. The maximum atomic E-state index is 13.9. The van der Waals surface area contributed by atoms with E-state index < -0.39 is 0 Å². The Morgan fingerprint density at radius 3 is 2.85 bits per heavy atom. The Hall–Kier alpha value is -3.53. The molecule has 0 saturated heterocycles. The van der Waals surface area contributed by atoms with Crippen LogP contribution in [-0.4, -0.2) is 21.5 Å². The van der Waals surface area contributed by atoms with Crippen LogP contribution in [0.25, 0.3) is 21.9 Å². The van der Waals surface area contributed by atoms with Crippen LogP contribution in [0.3, 0.4) is 0 Å². The number of H-pyrrole nitrogens is 1. The highest BCUT2D eigenvalue weighted by Crippen LogP contribution is 2.28. The number of benzene rings is 2. The van der Waals surface area contributed by atoms with Crippen molar-refractivity contribution in [1.82, 2.24) is 15.0 Å². The number of imidazole rings is 1. The van der Waals surface area contributed by atoms with Gasteiger partial charge in [-0.25, -0.2) is 13.8 Å². The van der Waals surface area contributed by atoms with Crippen LogP contribution in [0.1, 0.15) is 17.0 Å². The van der Waals surface area contributed by atoms with Crippen molar-refractivity contribution in [2.24, 2.45) is 0 Å². The van der Waals surface area contributed by atoms with Crippen molar-refractivity contribution in [2.75, 3.05) is 11.9 Å². The van der Waals surface area contributed by atoms with Crippen LogP contribution < -0.4 is 5.32 Å². The normalized spacial score (nSPS) is 11.0. The second-order valence-electron chi connectivity index (χ2n) is 6.30. The fourth-order valence-corrected chi connectivity index (χ4v) is 3.17. The fourth-order valence-electron chi connectivity index (χ4n) is 3.17. The van der Waals surface area contributed by atoms with E-state index in [2.05, 4.69) is 26.3 Å². The molecule has 0 aliphatic carbocycles. The van der Waals surface area contributed by atoms with E-state index in [9.17, 15) is 14.0 Å². The van der Waals surface area contributed by atoms with Gasteiger partial charge in [0.05, 0.1) is 27.8 Å². The molecule has 0 aliphatic rings. The molecule has 2 N–H and O–H groups in total. The van der Waals surface area contributed by atoms with E-state index in [0.717, 1.165) is 0 Å². The Bertz CT molecular complexity index is 1210. The molecule has 0 aliphatic heterocycles. The lowest BCUT2D eigenvalue weighted by molar-refractivity contribution is 0.628. The molecule has 0 radical (unpaired) electrons. The summed E-state index contributed by atoms with van der Waals surface area (Å²) < 4.78 is 27.2. The number of nitrogens with one attached hydrogen (secondary N) is 2. The van der Waals surface area contributed by atoms with Gasteiger partial charge in [0, 0.05) is 24.5 Å². The summed E-state index contributed by atoms with van der Waals surface area (Å²) in [6.45, 7) is 2.24. The highest BCUT2D eigenvalue weighted by atomic mass is 19.1. The first-order valence-electron chi connectivity index (χ1n) is 8.42. The maximum Gasteiger partial charge on any atom is 0.125 e. The molecule has 0 atom stereocenters. The minimum atomic E-state index is -0.376. The number of aryl methyl sites for hydroxylation is 1. The van der Waals surface area contributed by atoms with Gasteiger partial charge in [0.25, 0.3) is 0 Å². The van der Waals surface area contributed by atoms with E-state index in [-0.39, 0.29) is 11.6 Å². The lowest BCUT2D eigenvalue weighted by Crippen LogP contribution is -2.08. The molecule has 4 aromatic rings. The van der Waals surface area contributed by atoms with Crippen LogP contribution in [0.2, 0.25) is 0 Å². The van der Waals surface area contributed by atoms with Crippen LogP contribution in [0.5, 0.6) is 0 Å². The molecule has 5 nitrogen and oxygen atoms in total. The van der Waals surface area contributed by atoms with Crippen LogP contribution in [0.4, 0.5) is 14.5 Å². The van der Waals surface area contributed by atoms with Crippen molar-refractivity contribution in [1.29, 1.82) is 5.26 Å². The molecule has 134 valence electrons. The highest BCUT2D eigenvalue weighted by Gasteiger charge is 2.12. The molecule has 0 saturated carbocycles. The van der Waals surface area contributed by atoms with E-state index in [1.807, 2.05) is 0 Å². The van der Waals surface area contributed by atoms with Crippen LogP contribution in [0, 0.1) is 29.9 Å². The Morgan fingerprint density at radius 2 is 2.04 bits per heavy atom. The van der Waals surface area contributed by atoms with Crippen LogP contribution in [0.15, 0.2) is 36.5 Å². The summed E-state index contributed by atoms with van der Waals surface area (Å²) in [5.41, 5.74) is 3.58. The monoisotopic (exact) mass is 363 g/mol. The molecule has 0 spiro atoms. The molecule has 0 fully saturated rings. The lowest BCUT2D eigenvalue weighted by Gasteiger charge is -2.12. The average molecular weight is 363 g/mol. The number of hydrogen-bond acceptors (Lipinski definition) is 4. The molecule has 2 aromatic heterocycles. The summed E-state index contributed by atoms with van der Waals surface area (Å²) in [6.07, 6.45) is 2.01. The summed E-state index contributed by atoms with van der Waals surface area (Å²) >= 11 is 0. The SMILES string of the molecule is Cc1cc(F)cc2c(NCCc3nc4ccc(F)cc4[nH]3)c(C#N)cnc12. The van der Waals surface area contributed by atoms with Crippen molar-refractivity contribution in [3.05, 3.63) is 65.1 Å². The minimum absolute atomic E-state index is 0.324. The van der Waals surface area contributed by atoms with E-state index >= 15 is 0 Å².